The molecule has 5 nitrogen and oxygen atoms in total. The highest BCUT2D eigenvalue weighted by molar-refractivity contribution is 6.03. The first-order valence-corrected chi connectivity index (χ1v) is 9.33. The van der Waals surface area contributed by atoms with E-state index in [1.165, 1.54) is 7.11 Å². The van der Waals surface area contributed by atoms with Crippen LogP contribution in [0.15, 0.2) is 78.9 Å². The largest absolute Gasteiger partial charge is 0.495 e. The number of carbonyl (C=O) groups excluding carboxylic acids is 1. The molecule has 0 radical (unpaired) electrons. The van der Waals surface area contributed by atoms with Gasteiger partial charge in [-0.25, -0.2) is 4.79 Å². The summed E-state index contributed by atoms with van der Waals surface area (Å²) in [6.07, 6.45) is 0. The summed E-state index contributed by atoms with van der Waals surface area (Å²) in [5.41, 5.74) is 3.55. The highest BCUT2D eigenvalue weighted by Crippen LogP contribution is 2.28. The number of methoxy groups -OCH3 is 2. The van der Waals surface area contributed by atoms with Gasteiger partial charge >= 0.3 is 5.97 Å². The SMILES string of the molecule is COC(=O)c1ccc(OC)c(NCC(C(=N)c2ccccc2)c2ccccc2)c1. The topological polar surface area (TPSA) is 71.4 Å². The fraction of sp³-hybridized carbons (Fsp3) is 0.167. The number of anilines is 1. The highest BCUT2D eigenvalue weighted by Gasteiger charge is 2.19. The molecule has 0 aromatic heterocycles. The molecular formula is C24H24N2O3. The number of ether oxygens (including phenoxy) is 2. The maximum atomic E-state index is 11.9. The minimum atomic E-state index is -0.410. The first-order valence-electron chi connectivity index (χ1n) is 9.33. The summed E-state index contributed by atoms with van der Waals surface area (Å²) in [5.74, 6) is 0.0353. The van der Waals surface area contributed by atoms with Crippen molar-refractivity contribution in [3.05, 3.63) is 95.6 Å². The Morgan fingerprint density at radius 1 is 0.931 bits per heavy atom. The van der Waals surface area contributed by atoms with Gasteiger partial charge in [0.15, 0.2) is 0 Å². The fourth-order valence-corrected chi connectivity index (χ4v) is 3.19. The maximum Gasteiger partial charge on any atom is 0.337 e. The van der Waals surface area contributed by atoms with Gasteiger partial charge in [0, 0.05) is 18.2 Å². The van der Waals surface area contributed by atoms with Crippen LogP contribution < -0.4 is 10.1 Å². The van der Waals surface area contributed by atoms with E-state index in [9.17, 15) is 4.79 Å². The molecule has 0 fully saturated rings. The molecule has 2 N–H and O–H groups in total. The van der Waals surface area contributed by atoms with Crippen molar-refractivity contribution >= 4 is 17.4 Å². The molecule has 0 saturated heterocycles. The highest BCUT2D eigenvalue weighted by atomic mass is 16.5. The molecule has 5 heteroatoms. The van der Waals surface area contributed by atoms with Gasteiger partial charge in [-0.15, -0.1) is 0 Å². The standard InChI is InChI=1S/C24H24N2O3/c1-28-22-14-13-19(24(27)29-2)15-21(22)26-16-20(17-9-5-3-6-10-17)23(25)18-11-7-4-8-12-18/h3-15,20,25-26H,16H2,1-2H3. The van der Waals surface area contributed by atoms with E-state index >= 15 is 0 Å². The molecule has 0 spiro atoms. The predicted octanol–water partition coefficient (Wildman–Crippen LogP) is 4.75. The number of hydrogen-bond acceptors (Lipinski definition) is 5. The summed E-state index contributed by atoms with van der Waals surface area (Å²) in [5, 5.41) is 12.1. The smallest absolute Gasteiger partial charge is 0.337 e. The van der Waals surface area contributed by atoms with Crippen molar-refractivity contribution in [2.24, 2.45) is 0 Å². The lowest BCUT2D eigenvalue weighted by atomic mass is 9.89. The van der Waals surface area contributed by atoms with Crippen molar-refractivity contribution < 1.29 is 14.3 Å². The van der Waals surface area contributed by atoms with Gasteiger partial charge < -0.3 is 20.2 Å². The quantitative estimate of drug-likeness (QED) is 0.432. The number of esters is 1. The van der Waals surface area contributed by atoms with Gasteiger partial charge in [0.2, 0.25) is 0 Å². The second kappa shape index (κ2) is 9.55. The lowest BCUT2D eigenvalue weighted by Gasteiger charge is -2.21. The summed E-state index contributed by atoms with van der Waals surface area (Å²) in [4.78, 5) is 11.9. The zero-order valence-corrected chi connectivity index (χ0v) is 16.5. The van der Waals surface area contributed by atoms with Crippen molar-refractivity contribution in [2.75, 3.05) is 26.1 Å². The normalized spacial score (nSPS) is 11.4. The Balaban J connectivity index is 1.89. The molecule has 3 aromatic carbocycles. The van der Waals surface area contributed by atoms with Crippen LogP contribution in [0.2, 0.25) is 0 Å². The van der Waals surface area contributed by atoms with Crippen LogP contribution in [0.3, 0.4) is 0 Å². The van der Waals surface area contributed by atoms with Crippen LogP contribution >= 0.6 is 0 Å². The molecule has 1 unspecified atom stereocenters. The van der Waals surface area contributed by atoms with Crippen LogP contribution in [0.1, 0.15) is 27.4 Å². The second-order valence-corrected chi connectivity index (χ2v) is 6.53. The average Bonchev–Trinajstić information content (AvgIpc) is 2.79. The molecule has 3 rings (SSSR count). The van der Waals surface area contributed by atoms with Crippen LogP contribution in [0.5, 0.6) is 5.75 Å². The molecule has 148 valence electrons. The molecule has 3 aromatic rings. The maximum absolute atomic E-state index is 11.9. The number of nitrogens with one attached hydrogen (secondary N) is 2. The molecule has 0 amide bonds. The molecule has 0 heterocycles. The van der Waals surface area contributed by atoms with E-state index in [1.807, 2.05) is 60.7 Å². The predicted molar refractivity (Wildman–Crippen MR) is 115 cm³/mol. The van der Waals surface area contributed by atoms with Crippen LogP contribution in [-0.4, -0.2) is 32.4 Å². The van der Waals surface area contributed by atoms with Crippen molar-refractivity contribution in [1.82, 2.24) is 0 Å². The monoisotopic (exact) mass is 388 g/mol. The van der Waals surface area contributed by atoms with Gasteiger partial charge in [0.1, 0.15) is 5.75 Å². The molecule has 1 atom stereocenters. The summed E-state index contributed by atoms with van der Waals surface area (Å²) in [6.45, 7) is 0.471. The summed E-state index contributed by atoms with van der Waals surface area (Å²) < 4.78 is 10.2. The Hall–Kier alpha value is -3.60. The molecule has 0 aliphatic rings. The van der Waals surface area contributed by atoms with E-state index < -0.39 is 5.97 Å². The van der Waals surface area contributed by atoms with Gasteiger partial charge in [0.25, 0.3) is 0 Å². The van der Waals surface area contributed by atoms with Crippen LogP contribution in [0.25, 0.3) is 0 Å². The molecule has 0 bridgehead atoms. The Bertz CT molecular complexity index is 972. The van der Waals surface area contributed by atoms with Gasteiger partial charge in [-0.3, -0.25) is 0 Å². The Kier molecular flexibility index (Phi) is 6.63. The summed E-state index contributed by atoms with van der Waals surface area (Å²) in [6, 6.07) is 24.7. The first kappa shape index (κ1) is 20.1. The first-order chi connectivity index (χ1) is 14.1. The van der Waals surface area contributed by atoms with Gasteiger partial charge in [0.05, 0.1) is 25.5 Å². The minimum absolute atomic E-state index is 0.176. The van der Waals surface area contributed by atoms with E-state index in [-0.39, 0.29) is 5.92 Å². The summed E-state index contributed by atoms with van der Waals surface area (Å²) in [7, 11) is 2.94. The lowest BCUT2D eigenvalue weighted by molar-refractivity contribution is 0.0600. The van der Waals surface area contributed by atoms with E-state index in [2.05, 4.69) is 5.32 Å². The number of rotatable bonds is 8. The van der Waals surface area contributed by atoms with Crippen molar-refractivity contribution in [2.45, 2.75) is 5.92 Å². The molecule has 29 heavy (non-hydrogen) atoms. The fourth-order valence-electron chi connectivity index (χ4n) is 3.19. The van der Waals surface area contributed by atoms with Crippen molar-refractivity contribution in [3.8, 4) is 5.75 Å². The molecule has 0 aliphatic carbocycles. The van der Waals surface area contributed by atoms with E-state index in [4.69, 9.17) is 14.9 Å². The van der Waals surface area contributed by atoms with Crippen molar-refractivity contribution in [1.29, 1.82) is 5.41 Å². The third kappa shape index (κ3) is 4.82. The third-order valence-corrected chi connectivity index (χ3v) is 4.75. The molecule has 0 aliphatic heterocycles. The Labute approximate surface area is 170 Å². The van der Waals surface area contributed by atoms with Crippen LogP contribution in [0, 0.1) is 5.41 Å². The minimum Gasteiger partial charge on any atom is -0.495 e. The average molecular weight is 388 g/mol. The Morgan fingerprint density at radius 3 is 2.21 bits per heavy atom. The Morgan fingerprint density at radius 2 is 1.59 bits per heavy atom. The van der Waals surface area contributed by atoms with E-state index in [0.29, 0.717) is 29.3 Å². The van der Waals surface area contributed by atoms with Gasteiger partial charge in [-0.1, -0.05) is 60.7 Å². The van der Waals surface area contributed by atoms with Crippen molar-refractivity contribution in [3.63, 3.8) is 0 Å². The summed E-state index contributed by atoms with van der Waals surface area (Å²) >= 11 is 0. The molecular weight excluding hydrogens is 364 g/mol. The molecule has 0 saturated carbocycles. The van der Waals surface area contributed by atoms with Gasteiger partial charge in [-0.05, 0) is 29.3 Å². The number of benzene rings is 3. The van der Waals surface area contributed by atoms with Crippen LogP contribution in [-0.2, 0) is 4.74 Å². The van der Waals surface area contributed by atoms with Gasteiger partial charge in [-0.2, -0.15) is 0 Å². The zero-order chi connectivity index (χ0) is 20.6. The zero-order valence-electron chi connectivity index (χ0n) is 16.5. The van der Waals surface area contributed by atoms with E-state index in [0.717, 1.165) is 11.1 Å². The van der Waals surface area contributed by atoms with E-state index in [1.54, 1.807) is 25.3 Å². The number of hydrogen-bond donors (Lipinski definition) is 2. The lowest BCUT2D eigenvalue weighted by Crippen LogP contribution is -2.22. The third-order valence-electron chi connectivity index (χ3n) is 4.75. The number of carbonyl (C=O) groups is 1. The second-order valence-electron chi connectivity index (χ2n) is 6.53. The van der Waals surface area contributed by atoms with Crippen LogP contribution in [0.4, 0.5) is 5.69 Å².